The first kappa shape index (κ1) is 27.9. The SMILES string of the molecule is CN(CCCC(F)(F)F)C1CCC(CCC2CC2)(Nc2cccc3c2CN(C2CCC(=O)NC2=O)C3=O)CC1. The number of rotatable bonds is 10. The number of piperidine rings is 1. The van der Waals surface area contributed by atoms with Crippen molar-refractivity contribution in [2.24, 2.45) is 5.92 Å². The first-order valence-corrected chi connectivity index (χ1v) is 14.4. The van der Waals surface area contributed by atoms with E-state index in [0.29, 0.717) is 25.1 Å². The number of carbonyl (C=O) groups excluding carboxylic acids is 3. The van der Waals surface area contributed by atoms with E-state index >= 15 is 0 Å². The molecule has 2 saturated carbocycles. The Bertz CT molecular complexity index is 1100. The smallest absolute Gasteiger partial charge is 0.379 e. The van der Waals surface area contributed by atoms with Crippen molar-refractivity contribution in [2.45, 2.75) is 107 Å². The molecule has 3 fully saturated rings. The van der Waals surface area contributed by atoms with Gasteiger partial charge in [-0.15, -0.1) is 0 Å². The maximum Gasteiger partial charge on any atom is 0.389 e. The van der Waals surface area contributed by atoms with Crippen LogP contribution >= 0.6 is 0 Å². The fraction of sp³-hybridized carbons (Fsp3) is 0.690. The molecule has 214 valence electrons. The monoisotopic (exact) mass is 548 g/mol. The third kappa shape index (κ3) is 6.58. The second-order valence-corrected chi connectivity index (χ2v) is 12.0. The van der Waals surface area contributed by atoms with Gasteiger partial charge >= 0.3 is 6.18 Å². The largest absolute Gasteiger partial charge is 0.389 e. The predicted octanol–water partition coefficient (Wildman–Crippen LogP) is 5.01. The van der Waals surface area contributed by atoms with Gasteiger partial charge in [0.1, 0.15) is 6.04 Å². The Balaban J connectivity index is 1.27. The topological polar surface area (TPSA) is 81.8 Å². The van der Waals surface area contributed by atoms with Gasteiger partial charge in [0, 0.05) is 47.8 Å². The summed E-state index contributed by atoms with van der Waals surface area (Å²) < 4.78 is 37.8. The molecule has 0 spiro atoms. The van der Waals surface area contributed by atoms with E-state index < -0.39 is 24.5 Å². The number of halogens is 3. The number of nitrogens with one attached hydrogen (secondary N) is 2. The summed E-state index contributed by atoms with van der Waals surface area (Å²) in [6.07, 6.45) is 4.20. The van der Waals surface area contributed by atoms with Crippen LogP contribution in [-0.4, -0.2) is 64.9 Å². The van der Waals surface area contributed by atoms with Gasteiger partial charge in [-0.3, -0.25) is 19.7 Å². The average Bonchev–Trinajstić information content (AvgIpc) is 3.65. The Morgan fingerprint density at radius 2 is 1.85 bits per heavy atom. The lowest BCUT2D eigenvalue weighted by Gasteiger charge is -2.44. The van der Waals surface area contributed by atoms with Gasteiger partial charge in [0.05, 0.1) is 0 Å². The average molecular weight is 549 g/mol. The molecule has 0 bridgehead atoms. The predicted molar refractivity (Wildman–Crippen MR) is 141 cm³/mol. The zero-order chi connectivity index (χ0) is 27.8. The van der Waals surface area contributed by atoms with Crippen LogP contribution in [0.3, 0.4) is 0 Å². The number of hydrogen-bond acceptors (Lipinski definition) is 5. The molecular formula is C29H39F3N4O3. The number of fused-ring (bicyclic) bond motifs is 1. The summed E-state index contributed by atoms with van der Waals surface area (Å²) in [6.45, 7) is 0.768. The highest BCUT2D eigenvalue weighted by Crippen LogP contribution is 2.43. The van der Waals surface area contributed by atoms with Crippen LogP contribution in [0.5, 0.6) is 0 Å². The van der Waals surface area contributed by atoms with Gasteiger partial charge in [-0.1, -0.05) is 18.9 Å². The van der Waals surface area contributed by atoms with Crippen molar-refractivity contribution < 1.29 is 27.6 Å². The number of hydrogen-bond donors (Lipinski definition) is 2. The van der Waals surface area contributed by atoms with Crippen molar-refractivity contribution in [3.05, 3.63) is 29.3 Å². The van der Waals surface area contributed by atoms with Gasteiger partial charge in [0.15, 0.2) is 0 Å². The number of benzene rings is 1. The van der Waals surface area contributed by atoms with Crippen molar-refractivity contribution in [1.82, 2.24) is 15.1 Å². The van der Waals surface area contributed by atoms with Crippen LogP contribution < -0.4 is 10.6 Å². The molecule has 2 aliphatic heterocycles. The summed E-state index contributed by atoms with van der Waals surface area (Å²) >= 11 is 0. The minimum Gasteiger partial charge on any atom is -0.379 e. The first-order valence-electron chi connectivity index (χ1n) is 14.4. The molecule has 3 amide bonds. The van der Waals surface area contributed by atoms with Gasteiger partial charge < -0.3 is 15.1 Å². The molecule has 0 radical (unpaired) electrons. The molecule has 5 rings (SSSR count). The van der Waals surface area contributed by atoms with E-state index in [1.807, 2.05) is 19.2 Å². The van der Waals surface area contributed by atoms with Gasteiger partial charge in [-0.25, -0.2) is 0 Å². The summed E-state index contributed by atoms with van der Waals surface area (Å²) in [6, 6.07) is 5.30. The van der Waals surface area contributed by atoms with E-state index in [1.54, 1.807) is 11.0 Å². The highest BCUT2D eigenvalue weighted by Gasteiger charge is 2.42. The summed E-state index contributed by atoms with van der Waals surface area (Å²) in [5.74, 6) is -0.126. The van der Waals surface area contributed by atoms with Crippen molar-refractivity contribution in [2.75, 3.05) is 18.9 Å². The third-order valence-corrected chi connectivity index (χ3v) is 9.22. The van der Waals surface area contributed by atoms with Gasteiger partial charge in [-0.05, 0) is 83.0 Å². The first-order chi connectivity index (χ1) is 18.5. The Kier molecular flexibility index (Phi) is 7.95. The second-order valence-electron chi connectivity index (χ2n) is 12.0. The molecule has 39 heavy (non-hydrogen) atoms. The molecule has 2 N–H and O–H groups in total. The lowest BCUT2D eigenvalue weighted by atomic mass is 9.75. The summed E-state index contributed by atoms with van der Waals surface area (Å²) in [4.78, 5) is 41.1. The van der Waals surface area contributed by atoms with Crippen LogP contribution in [0.15, 0.2) is 18.2 Å². The van der Waals surface area contributed by atoms with Crippen molar-refractivity contribution in [3.63, 3.8) is 0 Å². The Morgan fingerprint density at radius 3 is 2.51 bits per heavy atom. The molecule has 1 atom stereocenters. The third-order valence-electron chi connectivity index (χ3n) is 9.22. The second kappa shape index (κ2) is 11.1. The van der Waals surface area contributed by atoms with E-state index in [0.717, 1.165) is 55.7 Å². The van der Waals surface area contributed by atoms with E-state index in [2.05, 4.69) is 15.5 Å². The molecule has 0 aromatic heterocycles. The molecule has 1 aromatic rings. The van der Waals surface area contributed by atoms with E-state index in [-0.39, 0.29) is 36.2 Å². The summed E-state index contributed by atoms with van der Waals surface area (Å²) in [5.41, 5.74) is 2.28. The minimum atomic E-state index is -4.11. The molecule has 7 nitrogen and oxygen atoms in total. The number of carbonyl (C=O) groups is 3. The number of nitrogens with zero attached hydrogens (tertiary/aromatic N) is 2. The number of imide groups is 1. The quantitative estimate of drug-likeness (QED) is 0.402. The van der Waals surface area contributed by atoms with E-state index in [1.165, 1.54) is 12.8 Å². The summed E-state index contributed by atoms with van der Waals surface area (Å²) in [5, 5.41) is 6.22. The zero-order valence-electron chi connectivity index (χ0n) is 22.6. The molecule has 2 aliphatic carbocycles. The van der Waals surface area contributed by atoms with E-state index in [4.69, 9.17) is 0 Å². The van der Waals surface area contributed by atoms with Crippen LogP contribution in [0.2, 0.25) is 0 Å². The van der Waals surface area contributed by atoms with Crippen LogP contribution in [-0.2, 0) is 16.1 Å². The standard InChI is InChI=1S/C29H39F3N4O3/c1-35(17-3-13-29(30,31)32)20-11-15-28(16-12-20,14-10-19-6-7-19)34-23-5-2-4-21-22(23)18-36(27(21)39)24-8-9-25(37)33-26(24)38/h2,4-5,19-20,24,34H,3,6-18H2,1H3,(H,33,37,38). The van der Waals surface area contributed by atoms with Crippen LogP contribution in [0, 0.1) is 5.92 Å². The molecule has 10 heteroatoms. The number of amides is 3. The van der Waals surface area contributed by atoms with Crippen LogP contribution in [0.1, 0.15) is 93.0 Å². The molecule has 2 heterocycles. The maximum atomic E-state index is 13.3. The lowest BCUT2D eigenvalue weighted by molar-refractivity contribution is -0.137. The van der Waals surface area contributed by atoms with Gasteiger partial charge in [-0.2, -0.15) is 13.2 Å². The zero-order valence-corrected chi connectivity index (χ0v) is 22.6. The fourth-order valence-corrected chi connectivity index (χ4v) is 6.62. The number of alkyl halides is 3. The van der Waals surface area contributed by atoms with Gasteiger partial charge in [0.2, 0.25) is 11.8 Å². The highest BCUT2D eigenvalue weighted by molar-refractivity contribution is 6.06. The lowest BCUT2D eigenvalue weighted by Crippen LogP contribution is -2.52. The Labute approximate surface area is 227 Å². The summed E-state index contributed by atoms with van der Waals surface area (Å²) in [7, 11) is 1.94. The fourth-order valence-electron chi connectivity index (χ4n) is 6.62. The van der Waals surface area contributed by atoms with Crippen LogP contribution in [0.25, 0.3) is 0 Å². The molecule has 1 unspecified atom stereocenters. The van der Waals surface area contributed by atoms with Crippen LogP contribution in [0.4, 0.5) is 18.9 Å². The molecule has 4 aliphatic rings. The normalized spacial score (nSPS) is 27.6. The molecular weight excluding hydrogens is 509 g/mol. The van der Waals surface area contributed by atoms with Crippen molar-refractivity contribution in [1.29, 1.82) is 0 Å². The molecule has 1 aromatic carbocycles. The maximum absolute atomic E-state index is 13.3. The minimum absolute atomic E-state index is 0.120. The molecule has 1 saturated heterocycles. The number of anilines is 1. The Hall–Kier alpha value is -2.62. The van der Waals surface area contributed by atoms with Crippen molar-refractivity contribution >= 4 is 23.4 Å². The van der Waals surface area contributed by atoms with Crippen molar-refractivity contribution in [3.8, 4) is 0 Å². The van der Waals surface area contributed by atoms with E-state index in [9.17, 15) is 27.6 Å². The van der Waals surface area contributed by atoms with Gasteiger partial charge in [0.25, 0.3) is 5.91 Å². The highest BCUT2D eigenvalue weighted by atomic mass is 19.4. The Morgan fingerprint density at radius 1 is 1.10 bits per heavy atom.